The molecule has 0 aromatic carbocycles. The summed E-state index contributed by atoms with van der Waals surface area (Å²) in [6.07, 6.45) is 2.30. The first-order valence-corrected chi connectivity index (χ1v) is 6.55. The van der Waals surface area contributed by atoms with Crippen molar-refractivity contribution in [2.75, 3.05) is 19.3 Å². The molecule has 1 rings (SSSR count). The van der Waals surface area contributed by atoms with Crippen molar-refractivity contribution in [1.29, 1.82) is 0 Å². The Labute approximate surface area is 89.7 Å². The lowest BCUT2D eigenvalue weighted by Crippen LogP contribution is -2.40. The number of nitrogens with one attached hydrogen (secondary N) is 3. The van der Waals surface area contributed by atoms with E-state index >= 15 is 0 Å². The van der Waals surface area contributed by atoms with Crippen LogP contribution in [0.5, 0.6) is 0 Å². The monoisotopic (exact) mass is 237 g/mol. The highest BCUT2D eigenvalue weighted by Gasteiger charge is 2.21. The number of sulfonamides is 1. The predicted molar refractivity (Wildman–Crippen MR) is 59.6 cm³/mol. The zero-order chi connectivity index (χ0) is 10.6. The Morgan fingerprint density at radius 1 is 1.50 bits per heavy atom. The molecule has 0 saturated heterocycles. The van der Waals surface area contributed by atoms with Crippen LogP contribution in [0.4, 0.5) is 0 Å². The van der Waals surface area contributed by atoms with Crippen molar-refractivity contribution >= 4 is 27.4 Å². The predicted octanol–water partition coefficient (Wildman–Crippen LogP) is -0.838. The molecule has 5 nitrogen and oxygen atoms in total. The number of hydrogen-bond donors (Lipinski definition) is 3. The number of rotatable bonds is 5. The number of hydrogen-bond acceptors (Lipinski definition) is 3. The Hall–Kier alpha value is -0.400. The van der Waals surface area contributed by atoms with Crippen LogP contribution in [-0.2, 0) is 10.0 Å². The summed E-state index contributed by atoms with van der Waals surface area (Å²) in [5, 5.41) is 6.45. The van der Waals surface area contributed by atoms with Gasteiger partial charge in [-0.1, -0.05) is 0 Å². The second-order valence-corrected chi connectivity index (χ2v) is 5.65. The van der Waals surface area contributed by atoms with Crippen LogP contribution >= 0.6 is 12.2 Å². The van der Waals surface area contributed by atoms with Gasteiger partial charge in [-0.2, -0.15) is 0 Å². The van der Waals surface area contributed by atoms with Crippen LogP contribution in [-0.4, -0.2) is 38.9 Å². The molecule has 7 heteroatoms. The quantitative estimate of drug-likeness (QED) is 0.544. The molecule has 3 N–H and O–H groups in total. The summed E-state index contributed by atoms with van der Waals surface area (Å²) in [6, 6.07) is 0.496. The molecule has 1 fully saturated rings. The minimum atomic E-state index is -3.13. The summed E-state index contributed by atoms with van der Waals surface area (Å²) < 4.78 is 24.2. The lowest BCUT2D eigenvalue weighted by atomic mass is 10.7. The molecule has 14 heavy (non-hydrogen) atoms. The van der Waals surface area contributed by atoms with E-state index in [2.05, 4.69) is 15.4 Å². The topological polar surface area (TPSA) is 70.2 Å². The number of thiocarbonyl (C=S) groups is 1. The zero-order valence-electron chi connectivity index (χ0n) is 8.04. The lowest BCUT2D eigenvalue weighted by Gasteiger charge is -2.09. The lowest BCUT2D eigenvalue weighted by molar-refractivity contribution is 0.587. The standard InChI is InChI=1S/C7H15N3O2S2/c1-8-14(11,12)5-4-9-7(13)10-6-2-3-6/h6,8H,2-5H2,1H3,(H2,9,10,13). The Morgan fingerprint density at radius 2 is 2.14 bits per heavy atom. The first-order chi connectivity index (χ1) is 6.53. The second kappa shape index (κ2) is 4.90. The smallest absolute Gasteiger partial charge is 0.213 e. The normalized spacial score (nSPS) is 16.4. The molecule has 0 atom stereocenters. The van der Waals surface area contributed by atoms with Crippen LogP contribution in [0.3, 0.4) is 0 Å². The van der Waals surface area contributed by atoms with Crippen molar-refractivity contribution in [1.82, 2.24) is 15.4 Å². The van der Waals surface area contributed by atoms with Gasteiger partial charge in [0.15, 0.2) is 5.11 Å². The van der Waals surface area contributed by atoms with Gasteiger partial charge in [0.2, 0.25) is 10.0 Å². The first kappa shape index (κ1) is 11.7. The van der Waals surface area contributed by atoms with E-state index in [0.717, 1.165) is 12.8 Å². The third-order valence-electron chi connectivity index (χ3n) is 1.88. The van der Waals surface area contributed by atoms with Gasteiger partial charge in [-0.25, -0.2) is 13.1 Å². The summed E-state index contributed by atoms with van der Waals surface area (Å²) in [4.78, 5) is 0. The maximum atomic E-state index is 11.0. The van der Waals surface area contributed by atoms with Gasteiger partial charge >= 0.3 is 0 Å². The van der Waals surface area contributed by atoms with Gasteiger partial charge in [-0.15, -0.1) is 0 Å². The molecular weight excluding hydrogens is 222 g/mol. The van der Waals surface area contributed by atoms with E-state index in [1.807, 2.05) is 0 Å². The summed E-state index contributed by atoms with van der Waals surface area (Å²) in [5.74, 6) is 0.0377. The summed E-state index contributed by atoms with van der Waals surface area (Å²) in [6.45, 7) is 0.335. The van der Waals surface area contributed by atoms with E-state index in [1.54, 1.807) is 0 Å². The minimum absolute atomic E-state index is 0.0377. The van der Waals surface area contributed by atoms with Crippen LogP contribution < -0.4 is 15.4 Å². The van der Waals surface area contributed by atoms with Crippen molar-refractivity contribution in [3.05, 3.63) is 0 Å². The molecule has 0 unspecified atom stereocenters. The first-order valence-electron chi connectivity index (χ1n) is 4.49. The van der Waals surface area contributed by atoms with Crippen LogP contribution in [0, 0.1) is 0 Å². The molecule has 0 bridgehead atoms. The van der Waals surface area contributed by atoms with E-state index in [1.165, 1.54) is 7.05 Å². The summed E-state index contributed by atoms with van der Waals surface area (Å²) in [5.41, 5.74) is 0. The fourth-order valence-electron chi connectivity index (χ4n) is 0.865. The molecule has 0 aromatic rings. The molecule has 0 aliphatic heterocycles. The largest absolute Gasteiger partial charge is 0.362 e. The third kappa shape index (κ3) is 4.73. The minimum Gasteiger partial charge on any atom is -0.362 e. The molecule has 0 aromatic heterocycles. The van der Waals surface area contributed by atoms with E-state index < -0.39 is 10.0 Å². The molecular formula is C7H15N3O2S2. The van der Waals surface area contributed by atoms with E-state index in [-0.39, 0.29) is 5.75 Å². The molecule has 82 valence electrons. The summed E-state index contributed by atoms with van der Waals surface area (Å²) >= 11 is 4.96. The molecule has 1 saturated carbocycles. The van der Waals surface area contributed by atoms with Gasteiger partial charge < -0.3 is 10.6 Å². The fraction of sp³-hybridized carbons (Fsp3) is 0.857. The fourth-order valence-corrected chi connectivity index (χ4v) is 1.71. The van der Waals surface area contributed by atoms with Crippen molar-refractivity contribution in [3.8, 4) is 0 Å². The highest BCUT2D eigenvalue weighted by atomic mass is 32.2. The highest BCUT2D eigenvalue weighted by Crippen LogP contribution is 2.18. The Balaban J connectivity index is 2.10. The van der Waals surface area contributed by atoms with Crippen LogP contribution in [0.2, 0.25) is 0 Å². The molecule has 0 spiro atoms. The third-order valence-corrected chi connectivity index (χ3v) is 3.51. The molecule has 1 aliphatic carbocycles. The van der Waals surface area contributed by atoms with Crippen LogP contribution in [0.15, 0.2) is 0 Å². The van der Waals surface area contributed by atoms with Gasteiger partial charge in [0.05, 0.1) is 5.75 Å². The highest BCUT2D eigenvalue weighted by molar-refractivity contribution is 7.89. The SMILES string of the molecule is CNS(=O)(=O)CCNC(=S)NC1CC1. The van der Waals surface area contributed by atoms with Crippen molar-refractivity contribution in [2.45, 2.75) is 18.9 Å². The van der Waals surface area contributed by atoms with Crippen molar-refractivity contribution in [2.24, 2.45) is 0 Å². The maximum absolute atomic E-state index is 11.0. The molecule has 1 aliphatic rings. The van der Waals surface area contributed by atoms with E-state index in [9.17, 15) is 8.42 Å². The van der Waals surface area contributed by atoms with Gasteiger partial charge in [0, 0.05) is 12.6 Å². The Bertz CT molecular complexity index is 298. The van der Waals surface area contributed by atoms with Crippen LogP contribution in [0.1, 0.15) is 12.8 Å². The van der Waals surface area contributed by atoms with Gasteiger partial charge in [-0.05, 0) is 32.1 Å². The summed E-state index contributed by atoms with van der Waals surface area (Å²) in [7, 11) is -1.73. The van der Waals surface area contributed by atoms with Crippen LogP contribution in [0.25, 0.3) is 0 Å². The van der Waals surface area contributed by atoms with Gasteiger partial charge in [-0.3, -0.25) is 0 Å². The average Bonchev–Trinajstić information content (AvgIpc) is 2.88. The molecule has 0 amide bonds. The second-order valence-electron chi connectivity index (χ2n) is 3.20. The van der Waals surface area contributed by atoms with Gasteiger partial charge in [0.25, 0.3) is 0 Å². The average molecular weight is 237 g/mol. The van der Waals surface area contributed by atoms with Gasteiger partial charge in [0.1, 0.15) is 0 Å². The van der Waals surface area contributed by atoms with E-state index in [4.69, 9.17) is 12.2 Å². The van der Waals surface area contributed by atoms with Crippen molar-refractivity contribution in [3.63, 3.8) is 0 Å². The molecule has 0 radical (unpaired) electrons. The van der Waals surface area contributed by atoms with Crippen molar-refractivity contribution < 1.29 is 8.42 Å². The maximum Gasteiger partial charge on any atom is 0.213 e. The Morgan fingerprint density at radius 3 is 2.64 bits per heavy atom. The van der Waals surface area contributed by atoms with E-state index in [0.29, 0.717) is 17.7 Å². The molecule has 0 heterocycles. The zero-order valence-corrected chi connectivity index (χ0v) is 9.67. The Kier molecular flexibility index (Phi) is 4.09.